The highest BCUT2D eigenvalue weighted by Crippen LogP contribution is 2.18. The van der Waals surface area contributed by atoms with Crippen LogP contribution < -0.4 is 0 Å². The van der Waals surface area contributed by atoms with Crippen LogP contribution in [0.2, 0.25) is 0 Å². The third-order valence-electron chi connectivity index (χ3n) is 2.61. The minimum Gasteiger partial charge on any atom is -0.293 e. The number of rotatable bonds is 4. The van der Waals surface area contributed by atoms with Gasteiger partial charge in [-0.1, -0.05) is 36.4 Å². The van der Waals surface area contributed by atoms with Gasteiger partial charge >= 0.3 is 0 Å². The molecule has 0 radical (unpaired) electrons. The Balaban J connectivity index is 2.19. The van der Waals surface area contributed by atoms with Crippen molar-refractivity contribution in [3.63, 3.8) is 0 Å². The number of ketones is 2. The zero-order valence-corrected chi connectivity index (χ0v) is 10.2. The molecule has 0 N–H and O–H groups in total. The topological polar surface area (TPSA) is 34.1 Å². The summed E-state index contributed by atoms with van der Waals surface area (Å²) >= 11 is 1.37. The van der Waals surface area contributed by atoms with Crippen molar-refractivity contribution < 1.29 is 9.59 Å². The van der Waals surface area contributed by atoms with E-state index >= 15 is 0 Å². The molecule has 0 saturated carbocycles. The molecule has 0 aliphatic carbocycles. The highest BCUT2D eigenvalue weighted by molar-refractivity contribution is 7.12. The fourth-order valence-corrected chi connectivity index (χ4v) is 2.36. The van der Waals surface area contributed by atoms with Crippen molar-refractivity contribution in [1.82, 2.24) is 0 Å². The molecule has 0 spiro atoms. The summed E-state index contributed by atoms with van der Waals surface area (Å²) in [5.74, 6) is -0.839. The molecule has 0 saturated heterocycles. The van der Waals surface area contributed by atoms with E-state index in [-0.39, 0.29) is 11.6 Å². The van der Waals surface area contributed by atoms with Gasteiger partial charge in [-0.05, 0) is 18.4 Å². The molecular weight excluding hydrogens is 232 g/mol. The second-order valence-electron chi connectivity index (χ2n) is 3.79. The molecule has 17 heavy (non-hydrogen) atoms. The number of carbonyl (C=O) groups excluding carboxylic acids is 2. The summed E-state index contributed by atoms with van der Waals surface area (Å²) in [5.41, 5.74) is 0.588. The van der Waals surface area contributed by atoms with Crippen LogP contribution in [0.5, 0.6) is 0 Å². The van der Waals surface area contributed by atoms with E-state index < -0.39 is 5.92 Å². The third-order valence-corrected chi connectivity index (χ3v) is 3.49. The molecule has 2 nitrogen and oxygen atoms in total. The molecule has 0 aliphatic heterocycles. The van der Waals surface area contributed by atoms with Crippen molar-refractivity contribution in [3.8, 4) is 0 Å². The maximum absolute atomic E-state index is 12.1. The summed E-state index contributed by atoms with van der Waals surface area (Å²) in [5, 5.41) is 1.84. The fraction of sp³-hybridized carbons (Fsp3) is 0.143. The van der Waals surface area contributed by atoms with Gasteiger partial charge in [0.25, 0.3) is 0 Å². The molecule has 1 aromatic heterocycles. The van der Waals surface area contributed by atoms with Crippen LogP contribution in [0.4, 0.5) is 0 Å². The molecule has 0 amide bonds. The maximum Gasteiger partial charge on any atom is 0.183 e. The van der Waals surface area contributed by atoms with E-state index in [0.717, 1.165) is 0 Å². The zero-order chi connectivity index (χ0) is 12.3. The van der Waals surface area contributed by atoms with Crippen molar-refractivity contribution in [2.24, 2.45) is 5.92 Å². The van der Waals surface area contributed by atoms with Gasteiger partial charge in [-0.2, -0.15) is 0 Å². The fourth-order valence-electron chi connectivity index (χ4n) is 1.60. The van der Waals surface area contributed by atoms with Crippen LogP contribution in [-0.4, -0.2) is 11.6 Å². The predicted octanol–water partition coefficient (Wildman–Crippen LogP) is 3.45. The molecule has 2 rings (SSSR count). The summed E-state index contributed by atoms with van der Waals surface area (Å²) < 4.78 is 0. The smallest absolute Gasteiger partial charge is 0.183 e. The normalized spacial score (nSPS) is 12.1. The first-order chi connectivity index (χ1) is 8.20. The average molecular weight is 244 g/mol. The Morgan fingerprint density at radius 2 is 1.71 bits per heavy atom. The molecule has 1 unspecified atom stereocenters. The van der Waals surface area contributed by atoms with E-state index in [9.17, 15) is 9.59 Å². The van der Waals surface area contributed by atoms with Crippen LogP contribution in [-0.2, 0) is 0 Å². The first-order valence-electron chi connectivity index (χ1n) is 5.37. The lowest BCUT2D eigenvalue weighted by Crippen LogP contribution is -2.20. The number of hydrogen-bond donors (Lipinski definition) is 0. The first kappa shape index (κ1) is 11.7. The van der Waals surface area contributed by atoms with E-state index in [1.807, 2.05) is 17.5 Å². The van der Waals surface area contributed by atoms with E-state index in [1.165, 1.54) is 11.3 Å². The Kier molecular flexibility index (Phi) is 3.49. The molecule has 0 aliphatic rings. The van der Waals surface area contributed by atoms with Crippen molar-refractivity contribution in [3.05, 3.63) is 58.3 Å². The summed E-state index contributed by atoms with van der Waals surface area (Å²) in [6, 6.07) is 12.5. The van der Waals surface area contributed by atoms with E-state index in [2.05, 4.69) is 0 Å². The number of benzene rings is 1. The molecular formula is C14H12O2S. The average Bonchev–Trinajstić information content (AvgIpc) is 2.91. The van der Waals surface area contributed by atoms with Gasteiger partial charge in [0.05, 0.1) is 10.8 Å². The summed E-state index contributed by atoms with van der Waals surface area (Å²) in [6.07, 6.45) is 0. The molecule has 3 heteroatoms. The van der Waals surface area contributed by atoms with Gasteiger partial charge in [-0.3, -0.25) is 9.59 Å². The Labute approximate surface area is 104 Å². The standard InChI is InChI=1S/C14H12O2S/c1-10(14(16)12-8-5-9-17-12)13(15)11-6-3-2-4-7-11/h2-10H,1H3. The maximum atomic E-state index is 12.1. The molecule has 86 valence electrons. The van der Waals surface area contributed by atoms with Crippen LogP contribution in [0.15, 0.2) is 47.8 Å². The molecule has 1 atom stereocenters. The summed E-state index contributed by atoms with van der Waals surface area (Å²) in [7, 11) is 0. The molecule has 1 heterocycles. The molecule has 1 aromatic carbocycles. The lowest BCUT2D eigenvalue weighted by atomic mass is 9.95. The van der Waals surface area contributed by atoms with E-state index in [1.54, 1.807) is 37.3 Å². The predicted molar refractivity (Wildman–Crippen MR) is 68.6 cm³/mol. The van der Waals surface area contributed by atoms with Crippen molar-refractivity contribution in [1.29, 1.82) is 0 Å². The minimum absolute atomic E-state index is 0.103. The Bertz CT molecular complexity index is 514. The van der Waals surface area contributed by atoms with Crippen LogP contribution in [0.1, 0.15) is 27.0 Å². The number of thiophene rings is 1. The first-order valence-corrected chi connectivity index (χ1v) is 6.25. The van der Waals surface area contributed by atoms with Gasteiger partial charge in [0.2, 0.25) is 0 Å². The van der Waals surface area contributed by atoms with Crippen molar-refractivity contribution in [2.75, 3.05) is 0 Å². The summed E-state index contributed by atoms with van der Waals surface area (Å²) in [4.78, 5) is 24.7. The quantitative estimate of drug-likeness (QED) is 0.609. The number of Topliss-reactive ketones (excluding diaryl/α,β-unsaturated/α-hetero) is 2. The van der Waals surface area contributed by atoms with Gasteiger partial charge in [0, 0.05) is 5.56 Å². The lowest BCUT2D eigenvalue weighted by Gasteiger charge is -2.07. The van der Waals surface area contributed by atoms with Gasteiger partial charge in [0.1, 0.15) is 0 Å². The Morgan fingerprint density at radius 3 is 2.29 bits per heavy atom. The SMILES string of the molecule is CC(C(=O)c1ccccc1)C(=O)c1cccs1. The molecule has 0 bridgehead atoms. The van der Waals surface area contributed by atoms with Crippen LogP contribution in [0.3, 0.4) is 0 Å². The van der Waals surface area contributed by atoms with Gasteiger partial charge in [-0.15, -0.1) is 11.3 Å². The van der Waals surface area contributed by atoms with Crippen LogP contribution >= 0.6 is 11.3 Å². The third kappa shape index (κ3) is 2.50. The summed E-state index contributed by atoms with van der Waals surface area (Å²) in [6.45, 7) is 1.66. The van der Waals surface area contributed by atoms with Crippen LogP contribution in [0.25, 0.3) is 0 Å². The monoisotopic (exact) mass is 244 g/mol. The largest absolute Gasteiger partial charge is 0.293 e. The minimum atomic E-state index is -0.615. The van der Waals surface area contributed by atoms with Gasteiger partial charge in [0.15, 0.2) is 11.6 Å². The molecule has 2 aromatic rings. The highest BCUT2D eigenvalue weighted by Gasteiger charge is 2.24. The lowest BCUT2D eigenvalue weighted by molar-refractivity contribution is 0.0823. The zero-order valence-electron chi connectivity index (χ0n) is 9.42. The van der Waals surface area contributed by atoms with Gasteiger partial charge < -0.3 is 0 Å². The second kappa shape index (κ2) is 5.06. The number of hydrogen-bond acceptors (Lipinski definition) is 3. The molecule has 0 fully saturated rings. The van der Waals surface area contributed by atoms with Crippen molar-refractivity contribution >= 4 is 22.9 Å². The highest BCUT2D eigenvalue weighted by atomic mass is 32.1. The van der Waals surface area contributed by atoms with Crippen LogP contribution in [0, 0.1) is 5.92 Å². The Hall–Kier alpha value is -1.74. The Morgan fingerprint density at radius 1 is 1.00 bits per heavy atom. The van der Waals surface area contributed by atoms with E-state index in [0.29, 0.717) is 10.4 Å². The van der Waals surface area contributed by atoms with E-state index in [4.69, 9.17) is 0 Å². The number of carbonyl (C=O) groups is 2. The van der Waals surface area contributed by atoms with Gasteiger partial charge in [-0.25, -0.2) is 0 Å². The second-order valence-corrected chi connectivity index (χ2v) is 4.74. The van der Waals surface area contributed by atoms with Crippen molar-refractivity contribution in [2.45, 2.75) is 6.92 Å².